The highest BCUT2D eigenvalue weighted by atomic mass is 32.2. The molecule has 0 bridgehead atoms. The molecule has 1 saturated heterocycles. The molecule has 0 spiro atoms. The molecule has 1 aliphatic rings. The molecule has 6 nitrogen and oxygen atoms in total. The lowest BCUT2D eigenvalue weighted by molar-refractivity contribution is -0.123. The van der Waals surface area contributed by atoms with Crippen molar-refractivity contribution in [3.05, 3.63) is 52.6 Å². The van der Waals surface area contributed by atoms with Crippen LogP contribution in [0.2, 0.25) is 0 Å². The summed E-state index contributed by atoms with van der Waals surface area (Å²) in [5.41, 5.74) is 0.781. The minimum absolute atomic E-state index is 0.161. The van der Waals surface area contributed by atoms with Crippen molar-refractivity contribution in [2.75, 3.05) is 0 Å². The molecular formula is C18H15NO5S. The summed E-state index contributed by atoms with van der Waals surface area (Å²) in [5, 5.41) is 8.76. The van der Waals surface area contributed by atoms with Gasteiger partial charge in [-0.3, -0.25) is 14.5 Å². The van der Waals surface area contributed by atoms with Crippen molar-refractivity contribution in [3.63, 3.8) is 0 Å². The van der Waals surface area contributed by atoms with Gasteiger partial charge < -0.3 is 9.52 Å². The number of carboxylic acids is 1. The van der Waals surface area contributed by atoms with Gasteiger partial charge in [0.1, 0.15) is 11.5 Å². The topological polar surface area (TPSA) is 87.8 Å². The molecule has 2 heterocycles. The fraction of sp³-hybridized carbons (Fsp3) is 0.167. The second-order valence-electron chi connectivity index (χ2n) is 5.73. The molecule has 0 atom stereocenters. The Hall–Kier alpha value is -2.80. The van der Waals surface area contributed by atoms with E-state index in [0.29, 0.717) is 22.0 Å². The first-order chi connectivity index (χ1) is 11.9. The van der Waals surface area contributed by atoms with E-state index in [0.717, 1.165) is 11.8 Å². The number of imide groups is 1. The van der Waals surface area contributed by atoms with Gasteiger partial charge in [0.05, 0.1) is 10.5 Å². The van der Waals surface area contributed by atoms with Gasteiger partial charge >= 0.3 is 5.97 Å². The molecule has 2 aromatic rings. The summed E-state index contributed by atoms with van der Waals surface area (Å²) in [6.07, 6.45) is 1.53. The van der Waals surface area contributed by atoms with Crippen LogP contribution in [0.5, 0.6) is 0 Å². The van der Waals surface area contributed by atoms with Crippen molar-refractivity contribution < 1.29 is 23.9 Å². The summed E-state index contributed by atoms with van der Waals surface area (Å²) in [5.74, 6) is -0.450. The smallest absolute Gasteiger partial charge is 0.335 e. The van der Waals surface area contributed by atoms with E-state index < -0.39 is 5.97 Å². The van der Waals surface area contributed by atoms with E-state index >= 15 is 0 Å². The maximum Gasteiger partial charge on any atom is 0.335 e. The first-order valence-electron chi connectivity index (χ1n) is 7.57. The van der Waals surface area contributed by atoms with Crippen LogP contribution in [0, 0.1) is 0 Å². The Labute approximate surface area is 148 Å². The molecular weight excluding hydrogens is 342 g/mol. The predicted molar refractivity (Wildman–Crippen MR) is 94.0 cm³/mol. The van der Waals surface area contributed by atoms with Gasteiger partial charge in [0.15, 0.2) is 0 Å². The molecule has 7 heteroatoms. The number of thioether (sulfide) groups is 1. The maximum atomic E-state index is 12.3. The van der Waals surface area contributed by atoms with Crippen molar-refractivity contribution >= 4 is 35.0 Å². The second kappa shape index (κ2) is 6.60. The number of amides is 2. The average molecular weight is 357 g/mol. The zero-order valence-electron chi connectivity index (χ0n) is 13.6. The van der Waals surface area contributed by atoms with Crippen molar-refractivity contribution in [3.8, 4) is 11.3 Å². The lowest BCUT2D eigenvalue weighted by Gasteiger charge is -2.16. The van der Waals surface area contributed by atoms with Crippen LogP contribution in [0.3, 0.4) is 0 Å². The first kappa shape index (κ1) is 17.0. The van der Waals surface area contributed by atoms with Crippen molar-refractivity contribution in [1.29, 1.82) is 0 Å². The van der Waals surface area contributed by atoms with Gasteiger partial charge in [-0.25, -0.2) is 4.79 Å². The molecule has 25 heavy (non-hydrogen) atoms. The quantitative estimate of drug-likeness (QED) is 0.829. The van der Waals surface area contributed by atoms with Gasteiger partial charge in [-0.1, -0.05) is 12.1 Å². The molecule has 128 valence electrons. The third-order valence-electron chi connectivity index (χ3n) is 3.63. The van der Waals surface area contributed by atoms with Crippen LogP contribution in [0.15, 0.2) is 45.7 Å². The summed E-state index contributed by atoms with van der Waals surface area (Å²) in [4.78, 5) is 36.7. The average Bonchev–Trinajstić information content (AvgIpc) is 3.13. The van der Waals surface area contributed by atoms with E-state index in [-0.39, 0.29) is 22.8 Å². The van der Waals surface area contributed by atoms with Gasteiger partial charge in [-0.2, -0.15) is 0 Å². The van der Waals surface area contributed by atoms with Gasteiger partial charge in [0.2, 0.25) is 0 Å². The van der Waals surface area contributed by atoms with Crippen LogP contribution < -0.4 is 0 Å². The van der Waals surface area contributed by atoms with Gasteiger partial charge in [0, 0.05) is 17.7 Å². The number of benzene rings is 1. The van der Waals surface area contributed by atoms with E-state index in [4.69, 9.17) is 9.52 Å². The summed E-state index contributed by atoms with van der Waals surface area (Å²) in [7, 11) is 0. The van der Waals surface area contributed by atoms with Crippen LogP contribution in [0.4, 0.5) is 4.79 Å². The number of carbonyl (C=O) groups excluding carboxylic acids is 2. The van der Waals surface area contributed by atoms with Crippen molar-refractivity contribution in [1.82, 2.24) is 4.90 Å². The van der Waals surface area contributed by atoms with Crippen LogP contribution in [-0.4, -0.2) is 33.2 Å². The Morgan fingerprint density at radius 3 is 2.64 bits per heavy atom. The monoisotopic (exact) mass is 357 g/mol. The molecule has 0 saturated carbocycles. The van der Waals surface area contributed by atoms with Crippen molar-refractivity contribution in [2.24, 2.45) is 0 Å². The minimum atomic E-state index is -1.02. The summed E-state index contributed by atoms with van der Waals surface area (Å²) < 4.78 is 5.68. The van der Waals surface area contributed by atoms with E-state index in [1.807, 2.05) is 0 Å². The number of aromatic carboxylic acids is 1. The number of carbonyl (C=O) groups is 3. The van der Waals surface area contributed by atoms with E-state index in [9.17, 15) is 14.4 Å². The van der Waals surface area contributed by atoms with E-state index in [1.54, 1.807) is 38.1 Å². The minimum Gasteiger partial charge on any atom is -0.478 e. The summed E-state index contributed by atoms with van der Waals surface area (Å²) in [6, 6.07) is 9.54. The second-order valence-corrected chi connectivity index (χ2v) is 6.73. The number of nitrogens with zero attached hydrogens (tertiary/aromatic N) is 1. The molecule has 1 aromatic heterocycles. The van der Waals surface area contributed by atoms with E-state index in [2.05, 4.69) is 0 Å². The highest BCUT2D eigenvalue weighted by molar-refractivity contribution is 8.18. The Kier molecular flexibility index (Phi) is 4.50. The van der Waals surface area contributed by atoms with Crippen LogP contribution in [0.1, 0.15) is 30.0 Å². The maximum absolute atomic E-state index is 12.3. The third-order valence-corrected chi connectivity index (χ3v) is 4.52. The number of hydrogen-bond acceptors (Lipinski definition) is 5. The molecule has 0 radical (unpaired) electrons. The molecule has 0 aliphatic carbocycles. The highest BCUT2D eigenvalue weighted by Gasteiger charge is 2.36. The van der Waals surface area contributed by atoms with E-state index in [1.165, 1.54) is 23.1 Å². The van der Waals surface area contributed by atoms with Crippen LogP contribution in [-0.2, 0) is 4.79 Å². The number of hydrogen-bond donors (Lipinski definition) is 1. The molecule has 1 aliphatic heterocycles. The standard InChI is InChI=1S/C18H15NO5S/c1-10(2)19-16(20)15(25-18(19)23)9-13-6-7-14(24-13)11-4-3-5-12(8-11)17(21)22/h3-10H,1-2H3,(H,21,22)/b15-9+. The number of carboxylic acid groups (broad SMARTS) is 1. The SMILES string of the molecule is CC(C)N1C(=O)S/C(=C/c2ccc(-c3cccc(C(=O)O)c3)o2)C1=O. The normalized spacial score (nSPS) is 16.3. The molecule has 1 N–H and O–H groups in total. The number of rotatable bonds is 4. The lowest BCUT2D eigenvalue weighted by atomic mass is 10.1. The summed E-state index contributed by atoms with van der Waals surface area (Å²) >= 11 is 0.877. The molecule has 1 aromatic carbocycles. The number of furan rings is 1. The third kappa shape index (κ3) is 3.36. The highest BCUT2D eigenvalue weighted by Crippen LogP contribution is 2.34. The van der Waals surface area contributed by atoms with Gasteiger partial charge in [0.25, 0.3) is 11.1 Å². The predicted octanol–water partition coefficient (Wildman–Crippen LogP) is 4.09. The summed E-state index contributed by atoms with van der Waals surface area (Å²) in [6.45, 7) is 3.56. The van der Waals surface area contributed by atoms with Gasteiger partial charge in [-0.15, -0.1) is 0 Å². The van der Waals surface area contributed by atoms with Crippen LogP contribution in [0.25, 0.3) is 17.4 Å². The Morgan fingerprint density at radius 2 is 2.00 bits per heavy atom. The Bertz CT molecular complexity index is 896. The van der Waals surface area contributed by atoms with Crippen molar-refractivity contribution in [2.45, 2.75) is 19.9 Å². The zero-order chi connectivity index (χ0) is 18.1. The molecule has 0 unspecified atom stereocenters. The first-order valence-corrected chi connectivity index (χ1v) is 8.39. The fourth-order valence-electron chi connectivity index (χ4n) is 2.45. The molecule has 3 rings (SSSR count). The molecule has 2 amide bonds. The van der Waals surface area contributed by atoms with Gasteiger partial charge in [-0.05, 0) is 49.9 Å². The Balaban J connectivity index is 1.88. The van der Waals surface area contributed by atoms with Crippen LogP contribution >= 0.6 is 11.8 Å². The molecule has 1 fully saturated rings. The lowest BCUT2D eigenvalue weighted by Crippen LogP contribution is -2.34. The Morgan fingerprint density at radius 1 is 1.24 bits per heavy atom. The largest absolute Gasteiger partial charge is 0.478 e. The zero-order valence-corrected chi connectivity index (χ0v) is 14.4. The fourth-order valence-corrected chi connectivity index (χ4v) is 3.39.